The molecule has 2 unspecified atom stereocenters. The molecular formula is C48H33N3O. The van der Waals surface area contributed by atoms with E-state index in [1.54, 1.807) is 0 Å². The summed E-state index contributed by atoms with van der Waals surface area (Å²) in [5.41, 5.74) is 13.6. The standard InChI is InChI=1S/C48H33N3O/c1-3-15-30(4-2)49-38-22-11-8-19-36(38)44-40(49)28-26-33-34-27-29-41-45(47(34)50(46(33)44)31-16-6-5-7-17-31)37-20-9-12-23-39(37)51(41)42-24-14-21-35-32-18-10-13-25-43(32)52-48(35)42/h3-29,41,45H,1-2H2/b30-15+. The van der Waals surface area contributed by atoms with Gasteiger partial charge in [-0.15, -0.1) is 0 Å². The van der Waals surface area contributed by atoms with Crippen molar-refractivity contribution in [3.05, 3.63) is 188 Å². The van der Waals surface area contributed by atoms with E-state index >= 15 is 0 Å². The van der Waals surface area contributed by atoms with Crippen molar-refractivity contribution >= 4 is 77.8 Å². The molecule has 0 spiro atoms. The second-order valence-electron chi connectivity index (χ2n) is 13.7. The molecule has 0 bridgehead atoms. The molecule has 0 N–H and O–H groups in total. The predicted molar refractivity (Wildman–Crippen MR) is 218 cm³/mol. The van der Waals surface area contributed by atoms with Gasteiger partial charge in [-0.2, -0.15) is 0 Å². The molecule has 3 aromatic heterocycles. The molecule has 1 aliphatic heterocycles. The Hall–Kier alpha value is -6.78. The number of nitrogens with zero attached hydrogens (tertiary/aromatic N) is 3. The van der Waals surface area contributed by atoms with Crippen LogP contribution in [-0.4, -0.2) is 15.2 Å². The third-order valence-corrected chi connectivity index (χ3v) is 11.2. The van der Waals surface area contributed by atoms with Crippen LogP contribution in [0.1, 0.15) is 22.7 Å². The van der Waals surface area contributed by atoms with Gasteiger partial charge in [-0.3, -0.25) is 0 Å². The van der Waals surface area contributed by atoms with Crippen LogP contribution >= 0.6 is 0 Å². The number of hydrogen-bond acceptors (Lipinski definition) is 2. The highest BCUT2D eigenvalue weighted by Crippen LogP contribution is 2.55. The Morgan fingerprint density at radius 1 is 0.654 bits per heavy atom. The lowest BCUT2D eigenvalue weighted by molar-refractivity contribution is 0.658. The molecule has 0 fully saturated rings. The number of hydrogen-bond donors (Lipinski definition) is 0. The fourth-order valence-electron chi connectivity index (χ4n) is 9.21. The molecule has 52 heavy (non-hydrogen) atoms. The molecular weight excluding hydrogens is 635 g/mol. The molecule has 1 aliphatic carbocycles. The van der Waals surface area contributed by atoms with Gasteiger partial charge < -0.3 is 18.5 Å². The summed E-state index contributed by atoms with van der Waals surface area (Å²) in [6.45, 7) is 8.20. The maximum atomic E-state index is 6.65. The Morgan fingerprint density at radius 3 is 2.27 bits per heavy atom. The van der Waals surface area contributed by atoms with Gasteiger partial charge >= 0.3 is 0 Å². The quantitative estimate of drug-likeness (QED) is 0.171. The topological polar surface area (TPSA) is 26.2 Å². The van der Waals surface area contributed by atoms with Crippen molar-refractivity contribution < 1.29 is 4.42 Å². The molecule has 0 saturated heterocycles. The largest absolute Gasteiger partial charge is 0.454 e. The molecule has 11 rings (SSSR count). The van der Waals surface area contributed by atoms with Crippen LogP contribution in [0.4, 0.5) is 11.4 Å². The minimum atomic E-state index is 0.0372. The number of fused-ring (bicyclic) bond motifs is 14. The third-order valence-electron chi connectivity index (χ3n) is 11.2. The first kappa shape index (κ1) is 29.0. The zero-order chi connectivity index (χ0) is 34.5. The van der Waals surface area contributed by atoms with E-state index in [0.717, 1.165) is 50.0 Å². The lowest BCUT2D eigenvalue weighted by atomic mass is 9.84. The zero-order valence-electron chi connectivity index (χ0n) is 28.4. The van der Waals surface area contributed by atoms with Crippen LogP contribution in [0.3, 0.4) is 0 Å². The number of furan rings is 1. The zero-order valence-corrected chi connectivity index (χ0v) is 28.4. The van der Waals surface area contributed by atoms with E-state index < -0.39 is 0 Å². The lowest BCUT2D eigenvalue weighted by Crippen LogP contribution is -2.31. The number of para-hydroxylation sites is 5. The predicted octanol–water partition coefficient (Wildman–Crippen LogP) is 12.5. The van der Waals surface area contributed by atoms with Gasteiger partial charge in [0, 0.05) is 55.3 Å². The fourth-order valence-corrected chi connectivity index (χ4v) is 9.21. The van der Waals surface area contributed by atoms with Crippen molar-refractivity contribution in [3.8, 4) is 5.69 Å². The van der Waals surface area contributed by atoms with E-state index in [0.29, 0.717) is 0 Å². The van der Waals surface area contributed by atoms with Gasteiger partial charge in [0.05, 0.1) is 34.2 Å². The monoisotopic (exact) mass is 667 g/mol. The van der Waals surface area contributed by atoms with Gasteiger partial charge in [-0.25, -0.2) is 0 Å². The van der Waals surface area contributed by atoms with Crippen LogP contribution in [0.25, 0.3) is 72.1 Å². The SMILES string of the molecule is C=C/C=C(\C=C)n1c2ccccc2c2c3c(ccc21)c1c(n3-c2ccccc2)C2c3ccccc3N(c3cccc4c3oc3ccccc34)C2C=C1. The minimum absolute atomic E-state index is 0.0372. The van der Waals surface area contributed by atoms with E-state index in [1.807, 2.05) is 24.3 Å². The highest BCUT2D eigenvalue weighted by molar-refractivity contribution is 6.23. The van der Waals surface area contributed by atoms with Crippen LogP contribution in [0.2, 0.25) is 0 Å². The first-order valence-corrected chi connectivity index (χ1v) is 17.8. The molecule has 4 heteroatoms. The maximum Gasteiger partial charge on any atom is 0.159 e. The Bertz CT molecular complexity index is 3020. The van der Waals surface area contributed by atoms with Crippen molar-refractivity contribution in [1.29, 1.82) is 0 Å². The average molecular weight is 668 g/mol. The van der Waals surface area contributed by atoms with Gasteiger partial charge in [0.2, 0.25) is 0 Å². The van der Waals surface area contributed by atoms with Gasteiger partial charge in [0.15, 0.2) is 5.58 Å². The van der Waals surface area contributed by atoms with Crippen LogP contribution in [0, 0.1) is 0 Å². The summed E-state index contributed by atoms with van der Waals surface area (Å²) in [6, 6.07) is 48.1. The Balaban J connectivity index is 1.24. The van der Waals surface area contributed by atoms with E-state index in [2.05, 4.69) is 167 Å². The molecule has 2 aliphatic rings. The normalized spacial score (nSPS) is 16.6. The van der Waals surface area contributed by atoms with E-state index in [9.17, 15) is 0 Å². The summed E-state index contributed by atoms with van der Waals surface area (Å²) < 4.78 is 11.5. The summed E-state index contributed by atoms with van der Waals surface area (Å²) in [6.07, 6.45) is 10.6. The lowest BCUT2D eigenvalue weighted by Gasteiger charge is -2.31. The van der Waals surface area contributed by atoms with E-state index in [-0.39, 0.29) is 12.0 Å². The molecule has 0 amide bonds. The molecule has 246 valence electrons. The molecule has 4 nitrogen and oxygen atoms in total. The highest BCUT2D eigenvalue weighted by atomic mass is 16.3. The summed E-state index contributed by atoms with van der Waals surface area (Å²) >= 11 is 0. The molecule has 0 saturated carbocycles. The number of benzene rings is 6. The van der Waals surface area contributed by atoms with Crippen LogP contribution in [-0.2, 0) is 0 Å². The average Bonchev–Trinajstić information content (AvgIpc) is 3.93. The van der Waals surface area contributed by atoms with Gasteiger partial charge in [0.25, 0.3) is 0 Å². The minimum Gasteiger partial charge on any atom is -0.454 e. The van der Waals surface area contributed by atoms with Crippen LogP contribution in [0.15, 0.2) is 175 Å². The molecule has 0 radical (unpaired) electrons. The summed E-state index contributed by atoms with van der Waals surface area (Å²) in [4.78, 5) is 2.51. The molecule has 9 aromatic rings. The highest BCUT2D eigenvalue weighted by Gasteiger charge is 2.44. The van der Waals surface area contributed by atoms with Crippen LogP contribution < -0.4 is 4.90 Å². The second-order valence-corrected chi connectivity index (χ2v) is 13.7. The first-order valence-electron chi connectivity index (χ1n) is 17.8. The van der Waals surface area contributed by atoms with Crippen molar-refractivity contribution in [2.75, 3.05) is 4.90 Å². The smallest absolute Gasteiger partial charge is 0.159 e. The Kier molecular flexibility index (Phi) is 6.06. The number of rotatable bonds is 5. The maximum absolute atomic E-state index is 6.65. The van der Waals surface area contributed by atoms with Crippen molar-refractivity contribution in [1.82, 2.24) is 9.13 Å². The number of aromatic nitrogens is 2. The number of anilines is 2. The summed E-state index contributed by atoms with van der Waals surface area (Å²) in [5.74, 6) is 0.0660. The van der Waals surface area contributed by atoms with Crippen molar-refractivity contribution in [2.24, 2.45) is 0 Å². The number of allylic oxidation sites excluding steroid dienone is 4. The molecule has 2 atom stereocenters. The Morgan fingerprint density at radius 2 is 1.40 bits per heavy atom. The van der Waals surface area contributed by atoms with Crippen molar-refractivity contribution in [2.45, 2.75) is 12.0 Å². The third kappa shape index (κ3) is 3.76. The Labute approximate surface area is 300 Å². The molecule has 6 aromatic carbocycles. The van der Waals surface area contributed by atoms with Gasteiger partial charge in [-0.1, -0.05) is 122 Å². The van der Waals surface area contributed by atoms with E-state index in [4.69, 9.17) is 4.42 Å². The molecule has 4 heterocycles. The second kappa shape index (κ2) is 10.9. The first-order chi connectivity index (χ1) is 25.8. The van der Waals surface area contributed by atoms with Gasteiger partial charge in [-0.05, 0) is 60.2 Å². The van der Waals surface area contributed by atoms with Gasteiger partial charge in [0.1, 0.15) is 5.58 Å². The van der Waals surface area contributed by atoms with Crippen molar-refractivity contribution in [3.63, 3.8) is 0 Å². The summed E-state index contributed by atoms with van der Waals surface area (Å²) in [7, 11) is 0. The fraction of sp³-hybridized carbons (Fsp3) is 0.0417. The van der Waals surface area contributed by atoms with Crippen LogP contribution in [0.5, 0.6) is 0 Å². The summed E-state index contributed by atoms with van der Waals surface area (Å²) in [5, 5.41) is 5.95. The van der Waals surface area contributed by atoms with E-state index in [1.165, 1.54) is 44.2 Å².